The molecule has 1 heterocycles. The van der Waals surface area contributed by atoms with E-state index in [1.807, 2.05) is 0 Å². The standard InChI is InChI=1S/C21H20O/c1-2-6-16(7-3-1)19-12-13-22-21(15-19)20-11-10-17-8-4-5-9-18(17)14-20/h1-11,14,19,21H,12-13,15H2/t19-,21+/m1/s1. The van der Waals surface area contributed by atoms with Gasteiger partial charge in [-0.2, -0.15) is 0 Å². The molecular formula is C21H20O. The molecule has 0 aromatic heterocycles. The molecule has 22 heavy (non-hydrogen) atoms. The second-order valence-corrected chi connectivity index (χ2v) is 6.10. The fourth-order valence-electron chi connectivity index (χ4n) is 3.47. The van der Waals surface area contributed by atoms with Crippen molar-refractivity contribution in [2.75, 3.05) is 6.61 Å². The topological polar surface area (TPSA) is 9.23 Å². The van der Waals surface area contributed by atoms with Crippen LogP contribution in [0, 0.1) is 0 Å². The van der Waals surface area contributed by atoms with Gasteiger partial charge in [0.2, 0.25) is 0 Å². The summed E-state index contributed by atoms with van der Waals surface area (Å²) < 4.78 is 6.06. The van der Waals surface area contributed by atoms with E-state index in [2.05, 4.69) is 72.8 Å². The maximum absolute atomic E-state index is 6.06. The molecule has 4 rings (SSSR count). The first-order chi connectivity index (χ1) is 10.9. The number of hydrogen-bond donors (Lipinski definition) is 0. The Labute approximate surface area is 131 Å². The van der Waals surface area contributed by atoms with Gasteiger partial charge in [-0.1, -0.05) is 66.7 Å². The van der Waals surface area contributed by atoms with Gasteiger partial charge in [0, 0.05) is 6.61 Å². The summed E-state index contributed by atoms with van der Waals surface area (Å²) in [7, 11) is 0. The zero-order chi connectivity index (χ0) is 14.8. The van der Waals surface area contributed by atoms with Crippen molar-refractivity contribution in [2.24, 2.45) is 0 Å². The van der Waals surface area contributed by atoms with Crippen molar-refractivity contribution < 1.29 is 4.74 Å². The van der Waals surface area contributed by atoms with Crippen LogP contribution in [0.2, 0.25) is 0 Å². The summed E-state index contributed by atoms with van der Waals surface area (Å²) in [6.45, 7) is 0.844. The molecule has 2 atom stereocenters. The molecule has 3 aromatic carbocycles. The molecule has 0 unspecified atom stereocenters. The molecule has 0 spiro atoms. The first-order valence-corrected chi connectivity index (χ1v) is 8.05. The first-order valence-electron chi connectivity index (χ1n) is 8.05. The molecule has 1 fully saturated rings. The SMILES string of the molecule is c1ccc([C@@H]2CCO[C@H](c3ccc4ccccc4c3)C2)cc1. The van der Waals surface area contributed by atoms with Crippen molar-refractivity contribution in [1.82, 2.24) is 0 Å². The lowest BCUT2D eigenvalue weighted by Crippen LogP contribution is -2.18. The third-order valence-corrected chi connectivity index (χ3v) is 4.70. The molecule has 1 aliphatic rings. The van der Waals surface area contributed by atoms with Crippen LogP contribution in [0.15, 0.2) is 72.8 Å². The minimum atomic E-state index is 0.212. The molecule has 1 heteroatoms. The maximum atomic E-state index is 6.06. The van der Waals surface area contributed by atoms with Crippen LogP contribution in [0.25, 0.3) is 10.8 Å². The molecule has 1 aliphatic heterocycles. The van der Waals surface area contributed by atoms with Crippen LogP contribution in [0.4, 0.5) is 0 Å². The molecule has 0 amide bonds. The van der Waals surface area contributed by atoms with E-state index < -0.39 is 0 Å². The minimum absolute atomic E-state index is 0.212. The zero-order valence-electron chi connectivity index (χ0n) is 12.6. The lowest BCUT2D eigenvalue weighted by Gasteiger charge is -2.30. The van der Waals surface area contributed by atoms with Crippen molar-refractivity contribution >= 4 is 10.8 Å². The van der Waals surface area contributed by atoms with Crippen molar-refractivity contribution in [3.8, 4) is 0 Å². The Morgan fingerprint density at radius 1 is 0.727 bits per heavy atom. The number of rotatable bonds is 2. The van der Waals surface area contributed by atoms with Crippen LogP contribution in [0.3, 0.4) is 0 Å². The third kappa shape index (κ3) is 2.65. The van der Waals surface area contributed by atoms with Gasteiger partial charge < -0.3 is 4.74 Å². The van der Waals surface area contributed by atoms with E-state index >= 15 is 0 Å². The highest BCUT2D eigenvalue weighted by Crippen LogP contribution is 2.38. The highest BCUT2D eigenvalue weighted by molar-refractivity contribution is 5.83. The Hall–Kier alpha value is -2.12. The van der Waals surface area contributed by atoms with Gasteiger partial charge in [0.25, 0.3) is 0 Å². The second kappa shape index (κ2) is 5.94. The highest BCUT2D eigenvalue weighted by Gasteiger charge is 2.25. The molecular weight excluding hydrogens is 268 g/mol. The van der Waals surface area contributed by atoms with E-state index in [4.69, 9.17) is 4.74 Å². The number of ether oxygens (including phenoxy) is 1. The fraction of sp³-hybridized carbons (Fsp3) is 0.238. The molecule has 0 N–H and O–H groups in total. The Kier molecular flexibility index (Phi) is 3.65. The summed E-state index contributed by atoms with van der Waals surface area (Å²) in [5.74, 6) is 0.603. The summed E-state index contributed by atoms with van der Waals surface area (Å²) in [5, 5.41) is 2.59. The lowest BCUT2D eigenvalue weighted by molar-refractivity contribution is 0.00534. The zero-order valence-corrected chi connectivity index (χ0v) is 12.6. The van der Waals surface area contributed by atoms with E-state index in [0.29, 0.717) is 5.92 Å². The van der Waals surface area contributed by atoms with Gasteiger partial charge in [0.15, 0.2) is 0 Å². The minimum Gasteiger partial charge on any atom is -0.373 e. The normalized spacial score (nSPS) is 21.8. The van der Waals surface area contributed by atoms with Gasteiger partial charge in [0.1, 0.15) is 0 Å². The van der Waals surface area contributed by atoms with Crippen LogP contribution in [0.1, 0.15) is 36.0 Å². The molecule has 0 saturated carbocycles. The van der Waals surface area contributed by atoms with E-state index in [9.17, 15) is 0 Å². The third-order valence-electron chi connectivity index (χ3n) is 4.70. The second-order valence-electron chi connectivity index (χ2n) is 6.10. The predicted octanol–water partition coefficient (Wildman–Crippen LogP) is 5.48. The van der Waals surface area contributed by atoms with Crippen molar-refractivity contribution in [1.29, 1.82) is 0 Å². The molecule has 0 radical (unpaired) electrons. The van der Waals surface area contributed by atoms with Gasteiger partial charge in [0.05, 0.1) is 6.10 Å². The van der Waals surface area contributed by atoms with Gasteiger partial charge in [-0.3, -0.25) is 0 Å². The van der Waals surface area contributed by atoms with Crippen LogP contribution >= 0.6 is 0 Å². The summed E-state index contributed by atoms with van der Waals surface area (Å²) >= 11 is 0. The van der Waals surface area contributed by atoms with E-state index in [1.165, 1.54) is 21.9 Å². The molecule has 1 saturated heterocycles. The first kappa shape index (κ1) is 13.5. The maximum Gasteiger partial charge on any atom is 0.0831 e. The average Bonchev–Trinajstić information content (AvgIpc) is 2.62. The summed E-state index contributed by atoms with van der Waals surface area (Å²) in [5.41, 5.74) is 2.75. The van der Waals surface area contributed by atoms with Crippen LogP contribution in [-0.4, -0.2) is 6.61 Å². The van der Waals surface area contributed by atoms with Gasteiger partial charge in [-0.05, 0) is 46.7 Å². The quantitative estimate of drug-likeness (QED) is 0.607. The van der Waals surface area contributed by atoms with Crippen molar-refractivity contribution in [2.45, 2.75) is 24.9 Å². The van der Waals surface area contributed by atoms with Crippen LogP contribution < -0.4 is 0 Å². The Morgan fingerprint density at radius 2 is 1.50 bits per heavy atom. The largest absolute Gasteiger partial charge is 0.373 e. The Morgan fingerprint density at radius 3 is 2.36 bits per heavy atom. The van der Waals surface area contributed by atoms with Crippen LogP contribution in [-0.2, 0) is 4.74 Å². The smallest absolute Gasteiger partial charge is 0.0831 e. The van der Waals surface area contributed by atoms with Crippen LogP contribution in [0.5, 0.6) is 0 Å². The molecule has 110 valence electrons. The monoisotopic (exact) mass is 288 g/mol. The summed E-state index contributed by atoms with van der Waals surface area (Å²) in [4.78, 5) is 0. The van der Waals surface area contributed by atoms with Crippen molar-refractivity contribution in [3.05, 3.63) is 83.9 Å². The van der Waals surface area contributed by atoms with Gasteiger partial charge >= 0.3 is 0 Å². The predicted molar refractivity (Wildman–Crippen MR) is 91.1 cm³/mol. The molecule has 1 nitrogen and oxygen atoms in total. The summed E-state index contributed by atoms with van der Waals surface area (Å²) in [6, 6.07) is 26.1. The Balaban J connectivity index is 1.61. The molecule has 0 bridgehead atoms. The molecule has 0 aliphatic carbocycles. The average molecular weight is 288 g/mol. The molecule has 3 aromatic rings. The number of hydrogen-bond acceptors (Lipinski definition) is 1. The van der Waals surface area contributed by atoms with Crippen molar-refractivity contribution in [3.63, 3.8) is 0 Å². The Bertz CT molecular complexity index is 763. The van der Waals surface area contributed by atoms with E-state index in [0.717, 1.165) is 19.4 Å². The van der Waals surface area contributed by atoms with E-state index in [1.54, 1.807) is 0 Å². The number of fused-ring (bicyclic) bond motifs is 1. The fourth-order valence-corrected chi connectivity index (χ4v) is 3.47. The van der Waals surface area contributed by atoms with Gasteiger partial charge in [-0.25, -0.2) is 0 Å². The highest BCUT2D eigenvalue weighted by atomic mass is 16.5. The lowest BCUT2D eigenvalue weighted by atomic mass is 9.86. The van der Waals surface area contributed by atoms with E-state index in [-0.39, 0.29) is 6.10 Å². The van der Waals surface area contributed by atoms with Gasteiger partial charge in [-0.15, -0.1) is 0 Å². The number of benzene rings is 3. The summed E-state index contributed by atoms with van der Waals surface area (Å²) in [6.07, 6.45) is 2.40.